The second-order valence-electron chi connectivity index (χ2n) is 11.1. The number of carbonyl (C=O) groups excluding carboxylic acids is 1. The van der Waals surface area contributed by atoms with Crippen molar-refractivity contribution in [1.82, 2.24) is 5.32 Å². The molecule has 1 amide bonds. The summed E-state index contributed by atoms with van der Waals surface area (Å²) in [6.07, 6.45) is -0.466. The zero-order chi connectivity index (χ0) is 36.7. The number of alkyl carbamates (subject to hydrolysis) is 1. The summed E-state index contributed by atoms with van der Waals surface area (Å²) in [5.74, 6) is 0. The first-order valence-electron chi connectivity index (χ1n) is 16.4. The molecule has 0 heterocycles. The fraction of sp³-hybridized carbons (Fsp3) is 0.774. The number of nitrogens with zero attached hydrogens (tertiary/aromatic N) is 2. The van der Waals surface area contributed by atoms with Crippen LogP contribution in [0, 0.1) is 20.2 Å². The van der Waals surface area contributed by atoms with E-state index in [4.69, 9.17) is 47.4 Å². The maximum absolute atomic E-state index is 11.5. The number of nitrogens with one attached hydrogen (secondary N) is 2. The fourth-order valence-corrected chi connectivity index (χ4v) is 3.59. The highest BCUT2D eigenvalue weighted by molar-refractivity contribution is 5.67. The predicted octanol–water partition coefficient (Wildman–Crippen LogP) is 2.59. The molecule has 1 aromatic carbocycles. The summed E-state index contributed by atoms with van der Waals surface area (Å²) in [6.45, 7) is 13.6. The molecule has 0 aromatic heterocycles. The lowest BCUT2D eigenvalue weighted by Crippen LogP contribution is -2.34. The van der Waals surface area contributed by atoms with Gasteiger partial charge in [0.15, 0.2) is 0 Å². The minimum Gasteiger partial charge on any atom is -0.444 e. The van der Waals surface area contributed by atoms with E-state index in [9.17, 15) is 25.0 Å². The average molecular weight is 723 g/mol. The highest BCUT2D eigenvalue weighted by Gasteiger charge is 2.19. The van der Waals surface area contributed by atoms with Gasteiger partial charge in [-0.25, -0.2) is 4.79 Å². The highest BCUT2D eigenvalue weighted by Crippen LogP contribution is 2.28. The van der Waals surface area contributed by atoms with Crippen LogP contribution in [0.5, 0.6) is 0 Å². The van der Waals surface area contributed by atoms with Gasteiger partial charge in [-0.1, -0.05) is 0 Å². The lowest BCUT2D eigenvalue weighted by molar-refractivity contribution is -0.393. The third-order valence-electron chi connectivity index (χ3n) is 5.84. The van der Waals surface area contributed by atoms with E-state index in [0.717, 1.165) is 6.07 Å². The SMILES string of the molecule is CC(C)(C)OC(=O)NCCOCCOCCOCCOCCOCCOCCOCCOCCOCCNc1ccc([N+](=O)[O-])cc1[N+](=O)[O-]. The Morgan fingerprint density at radius 3 is 1.28 bits per heavy atom. The van der Waals surface area contributed by atoms with E-state index in [1.54, 1.807) is 20.8 Å². The van der Waals surface area contributed by atoms with Crippen molar-refractivity contribution in [2.24, 2.45) is 0 Å². The van der Waals surface area contributed by atoms with E-state index >= 15 is 0 Å². The average Bonchev–Trinajstić information content (AvgIpc) is 3.06. The number of rotatable bonds is 33. The Labute approximate surface area is 292 Å². The number of nitro benzene ring substituents is 2. The normalized spacial score (nSPS) is 11.4. The maximum Gasteiger partial charge on any atom is 0.407 e. The molecule has 0 radical (unpaired) electrons. The molecule has 19 nitrogen and oxygen atoms in total. The Morgan fingerprint density at radius 1 is 0.580 bits per heavy atom. The molecule has 0 aliphatic heterocycles. The molecule has 0 aliphatic rings. The van der Waals surface area contributed by atoms with Crippen LogP contribution in [0.4, 0.5) is 21.9 Å². The highest BCUT2D eigenvalue weighted by atomic mass is 16.6. The second-order valence-corrected chi connectivity index (χ2v) is 11.1. The summed E-state index contributed by atoms with van der Waals surface area (Å²) in [6, 6.07) is 3.42. The Balaban J connectivity index is 1.74. The van der Waals surface area contributed by atoms with Crippen molar-refractivity contribution in [3.63, 3.8) is 0 Å². The summed E-state index contributed by atoms with van der Waals surface area (Å²) >= 11 is 0. The van der Waals surface area contributed by atoms with Gasteiger partial charge in [0.05, 0.1) is 135 Å². The van der Waals surface area contributed by atoms with E-state index < -0.39 is 21.5 Å². The van der Waals surface area contributed by atoms with Gasteiger partial charge in [-0.2, -0.15) is 0 Å². The molecule has 0 atom stereocenters. The number of nitro groups is 2. The van der Waals surface area contributed by atoms with Gasteiger partial charge < -0.3 is 58.0 Å². The van der Waals surface area contributed by atoms with Crippen LogP contribution in [0.1, 0.15) is 20.8 Å². The molecule has 0 saturated heterocycles. The minimum absolute atomic E-state index is 0.182. The van der Waals surface area contributed by atoms with Crippen molar-refractivity contribution in [3.8, 4) is 0 Å². The van der Waals surface area contributed by atoms with Crippen molar-refractivity contribution in [3.05, 3.63) is 38.4 Å². The molecular weight excluding hydrogens is 668 g/mol. The molecule has 0 aliphatic carbocycles. The third-order valence-corrected chi connectivity index (χ3v) is 5.84. The number of carbonyl (C=O) groups is 1. The first kappa shape index (κ1) is 44.8. The minimum atomic E-state index is -0.684. The van der Waals surface area contributed by atoms with Crippen molar-refractivity contribution in [2.45, 2.75) is 26.4 Å². The molecule has 288 valence electrons. The van der Waals surface area contributed by atoms with Crippen LogP contribution in [0.15, 0.2) is 18.2 Å². The van der Waals surface area contributed by atoms with Gasteiger partial charge in [-0.05, 0) is 26.8 Å². The number of ether oxygens (including phenoxy) is 10. The Kier molecular flexibility index (Phi) is 26.4. The monoisotopic (exact) mass is 722 g/mol. The van der Waals surface area contributed by atoms with Crippen LogP contribution in [0.25, 0.3) is 0 Å². The molecule has 2 N–H and O–H groups in total. The van der Waals surface area contributed by atoms with Crippen LogP contribution in [-0.4, -0.2) is 154 Å². The van der Waals surface area contributed by atoms with E-state index in [1.807, 2.05) is 0 Å². The molecule has 0 spiro atoms. The number of amides is 1. The standard InChI is InChI=1S/C31H54N4O15/c1-31(2,3)50-30(36)33-7-9-42-11-13-44-15-17-46-19-21-48-23-25-49-24-22-47-20-18-45-16-14-43-12-10-41-8-6-32-28-5-4-27(34(37)38)26-29(28)35(39)40/h4-5,26,32H,6-25H2,1-3H3,(H,33,36). The molecule has 19 heteroatoms. The Morgan fingerprint density at radius 2 is 0.940 bits per heavy atom. The molecule has 0 saturated carbocycles. The molecule has 0 unspecified atom stereocenters. The number of non-ortho nitro benzene ring substituents is 1. The molecule has 1 rings (SSSR count). The molecule has 1 aromatic rings. The molecular formula is C31H54N4O15. The largest absolute Gasteiger partial charge is 0.444 e. The van der Waals surface area contributed by atoms with E-state index in [-0.39, 0.29) is 30.2 Å². The van der Waals surface area contributed by atoms with Gasteiger partial charge in [0.2, 0.25) is 0 Å². The number of benzene rings is 1. The molecule has 0 bridgehead atoms. The zero-order valence-corrected chi connectivity index (χ0v) is 29.4. The molecule has 0 fully saturated rings. The van der Waals surface area contributed by atoms with Crippen molar-refractivity contribution < 1.29 is 62.0 Å². The Hall–Kier alpha value is -3.27. The van der Waals surface area contributed by atoms with Crippen LogP contribution >= 0.6 is 0 Å². The fourth-order valence-electron chi connectivity index (χ4n) is 3.59. The summed E-state index contributed by atoms with van der Waals surface area (Å²) in [7, 11) is 0. The van der Waals surface area contributed by atoms with Crippen molar-refractivity contribution in [1.29, 1.82) is 0 Å². The first-order valence-corrected chi connectivity index (χ1v) is 16.4. The molecule has 50 heavy (non-hydrogen) atoms. The van der Waals surface area contributed by atoms with Gasteiger partial charge >= 0.3 is 6.09 Å². The van der Waals surface area contributed by atoms with Gasteiger partial charge in [0.25, 0.3) is 11.4 Å². The van der Waals surface area contributed by atoms with Crippen LogP contribution < -0.4 is 10.6 Å². The van der Waals surface area contributed by atoms with Gasteiger partial charge in [0.1, 0.15) is 11.3 Å². The second kappa shape index (κ2) is 29.5. The van der Waals surface area contributed by atoms with Gasteiger partial charge in [0, 0.05) is 19.2 Å². The summed E-state index contributed by atoms with van der Waals surface area (Å²) in [5, 5.41) is 27.4. The van der Waals surface area contributed by atoms with Crippen LogP contribution in [0.2, 0.25) is 0 Å². The lowest BCUT2D eigenvalue weighted by atomic mass is 10.2. The quantitative estimate of drug-likeness (QED) is 0.0605. The number of anilines is 1. The lowest BCUT2D eigenvalue weighted by Gasteiger charge is -2.19. The van der Waals surface area contributed by atoms with Crippen LogP contribution in [-0.2, 0) is 47.4 Å². The van der Waals surface area contributed by atoms with Crippen molar-refractivity contribution in [2.75, 3.05) is 137 Å². The predicted molar refractivity (Wildman–Crippen MR) is 180 cm³/mol. The Bertz CT molecular complexity index is 1050. The summed E-state index contributed by atoms with van der Waals surface area (Å²) in [5.41, 5.74) is -1.06. The summed E-state index contributed by atoms with van der Waals surface area (Å²) < 4.78 is 54.0. The topological polar surface area (TPSA) is 220 Å². The zero-order valence-electron chi connectivity index (χ0n) is 29.4. The maximum atomic E-state index is 11.5. The van der Waals surface area contributed by atoms with Gasteiger partial charge in [-0.15, -0.1) is 0 Å². The number of hydrogen-bond acceptors (Lipinski definition) is 16. The van der Waals surface area contributed by atoms with E-state index in [1.165, 1.54) is 12.1 Å². The van der Waals surface area contributed by atoms with Gasteiger partial charge in [-0.3, -0.25) is 20.2 Å². The van der Waals surface area contributed by atoms with E-state index in [2.05, 4.69) is 10.6 Å². The first-order chi connectivity index (χ1) is 24.1. The van der Waals surface area contributed by atoms with Crippen LogP contribution in [0.3, 0.4) is 0 Å². The summed E-state index contributed by atoms with van der Waals surface area (Å²) in [4.78, 5) is 32.1. The van der Waals surface area contributed by atoms with Crippen molar-refractivity contribution >= 4 is 23.2 Å². The van der Waals surface area contributed by atoms with E-state index in [0.29, 0.717) is 119 Å². The smallest absolute Gasteiger partial charge is 0.407 e. The third kappa shape index (κ3) is 26.6. The number of hydrogen-bond donors (Lipinski definition) is 2.